The maximum absolute atomic E-state index is 13.4. The van der Waals surface area contributed by atoms with Crippen LogP contribution >= 0.6 is 0 Å². The highest BCUT2D eigenvalue weighted by molar-refractivity contribution is 5.93. The van der Waals surface area contributed by atoms with E-state index < -0.39 is 36.2 Å². The number of halogens is 2. The van der Waals surface area contributed by atoms with Gasteiger partial charge in [0.1, 0.15) is 18.2 Å². The molecular weight excluding hydrogens is 336 g/mol. The van der Waals surface area contributed by atoms with Crippen LogP contribution in [0.5, 0.6) is 11.5 Å². The molecule has 6 nitrogen and oxygen atoms in total. The van der Waals surface area contributed by atoms with Crippen LogP contribution in [0.2, 0.25) is 0 Å². The molecule has 0 aromatic heterocycles. The summed E-state index contributed by atoms with van der Waals surface area (Å²) >= 11 is 0. The maximum Gasteiger partial charge on any atom is 0.351 e. The largest absolute Gasteiger partial charge is 0.485 e. The van der Waals surface area contributed by atoms with Gasteiger partial charge in [0.2, 0.25) is 6.10 Å². The Bertz CT molecular complexity index is 811. The Labute approximate surface area is 141 Å². The molecule has 1 atom stereocenters. The minimum absolute atomic E-state index is 0.0595. The number of hydrogen-bond donors (Lipinski definition) is 1. The number of para-hydroxylation sites is 2. The molecule has 130 valence electrons. The summed E-state index contributed by atoms with van der Waals surface area (Å²) in [4.78, 5) is 23.7. The molecule has 1 aliphatic rings. The van der Waals surface area contributed by atoms with Crippen molar-refractivity contribution in [1.29, 1.82) is 0 Å². The molecule has 1 N–H and O–H groups in total. The van der Waals surface area contributed by atoms with E-state index in [0.29, 0.717) is 11.5 Å². The second-order valence-electron chi connectivity index (χ2n) is 5.14. The molecule has 8 heteroatoms. The molecule has 0 saturated heterocycles. The Morgan fingerprint density at radius 2 is 1.92 bits per heavy atom. The molecule has 1 heterocycles. The molecule has 3 rings (SSSR count). The molecule has 0 spiro atoms. The summed E-state index contributed by atoms with van der Waals surface area (Å²) in [6.07, 6.45) is -1.02. The van der Waals surface area contributed by atoms with Crippen LogP contribution in [0.4, 0.5) is 14.5 Å². The van der Waals surface area contributed by atoms with Crippen molar-refractivity contribution in [3.8, 4) is 11.5 Å². The number of amides is 1. The van der Waals surface area contributed by atoms with Crippen LogP contribution in [0.25, 0.3) is 0 Å². The van der Waals surface area contributed by atoms with Gasteiger partial charge in [0.25, 0.3) is 5.91 Å². The van der Waals surface area contributed by atoms with Crippen molar-refractivity contribution < 1.29 is 32.6 Å². The molecule has 0 radical (unpaired) electrons. The predicted octanol–water partition coefficient (Wildman–Crippen LogP) is 2.29. The summed E-state index contributed by atoms with van der Waals surface area (Å²) in [5, 5.41) is 2.12. The molecule has 0 saturated carbocycles. The first kappa shape index (κ1) is 16.7. The summed E-state index contributed by atoms with van der Waals surface area (Å²) in [5.41, 5.74) is -0.341. The van der Waals surface area contributed by atoms with E-state index in [1.807, 2.05) is 0 Å². The van der Waals surface area contributed by atoms with E-state index in [1.54, 1.807) is 24.3 Å². The van der Waals surface area contributed by atoms with Crippen molar-refractivity contribution >= 4 is 17.6 Å². The summed E-state index contributed by atoms with van der Waals surface area (Å²) in [6.45, 7) is -0.730. The van der Waals surface area contributed by atoms with E-state index in [1.165, 1.54) is 0 Å². The van der Waals surface area contributed by atoms with Crippen molar-refractivity contribution in [2.75, 3.05) is 18.5 Å². The molecule has 1 unspecified atom stereocenters. The van der Waals surface area contributed by atoms with Gasteiger partial charge in [0, 0.05) is 6.07 Å². The molecule has 1 amide bonds. The highest BCUT2D eigenvalue weighted by Gasteiger charge is 2.29. The van der Waals surface area contributed by atoms with Crippen molar-refractivity contribution in [1.82, 2.24) is 0 Å². The molecule has 0 aliphatic carbocycles. The fourth-order valence-corrected chi connectivity index (χ4v) is 2.14. The average molecular weight is 349 g/mol. The third-order valence-corrected chi connectivity index (χ3v) is 3.32. The summed E-state index contributed by atoms with van der Waals surface area (Å²) in [7, 11) is 0. The fraction of sp³-hybridized carbons (Fsp3) is 0.176. The van der Waals surface area contributed by atoms with Crippen molar-refractivity contribution in [3.63, 3.8) is 0 Å². The van der Waals surface area contributed by atoms with Crippen LogP contribution in [0, 0.1) is 11.6 Å². The van der Waals surface area contributed by atoms with Crippen LogP contribution in [-0.4, -0.2) is 31.2 Å². The Morgan fingerprint density at radius 1 is 1.16 bits per heavy atom. The van der Waals surface area contributed by atoms with E-state index in [2.05, 4.69) is 5.32 Å². The topological polar surface area (TPSA) is 73.9 Å². The molecule has 2 aromatic rings. The van der Waals surface area contributed by atoms with Crippen molar-refractivity contribution in [2.45, 2.75) is 6.10 Å². The van der Waals surface area contributed by atoms with E-state index in [4.69, 9.17) is 14.2 Å². The zero-order valence-electron chi connectivity index (χ0n) is 12.8. The van der Waals surface area contributed by atoms with Gasteiger partial charge in [0.05, 0.1) is 5.69 Å². The summed E-state index contributed by atoms with van der Waals surface area (Å²) < 4.78 is 42.1. The van der Waals surface area contributed by atoms with Crippen LogP contribution < -0.4 is 14.8 Å². The number of ether oxygens (including phenoxy) is 3. The first-order chi connectivity index (χ1) is 12.0. The highest BCUT2D eigenvalue weighted by atomic mass is 19.1. The zero-order chi connectivity index (χ0) is 17.8. The second kappa shape index (κ2) is 7.16. The molecule has 1 aliphatic heterocycles. The minimum atomic E-state index is -1.02. The van der Waals surface area contributed by atoms with Gasteiger partial charge >= 0.3 is 5.97 Å². The number of benzene rings is 2. The smallest absolute Gasteiger partial charge is 0.351 e. The third-order valence-electron chi connectivity index (χ3n) is 3.32. The third kappa shape index (κ3) is 4.03. The van der Waals surface area contributed by atoms with Gasteiger partial charge in [-0.25, -0.2) is 13.6 Å². The van der Waals surface area contributed by atoms with E-state index >= 15 is 0 Å². The molecule has 0 fully saturated rings. The van der Waals surface area contributed by atoms with E-state index in [-0.39, 0.29) is 12.3 Å². The average Bonchev–Trinajstić information content (AvgIpc) is 2.62. The Kier molecular flexibility index (Phi) is 4.78. The van der Waals surface area contributed by atoms with Crippen LogP contribution in [0.15, 0.2) is 42.5 Å². The second-order valence-corrected chi connectivity index (χ2v) is 5.14. The normalized spacial score (nSPS) is 15.4. The summed E-state index contributed by atoms with van der Waals surface area (Å²) in [6, 6.07) is 9.43. The highest BCUT2D eigenvalue weighted by Crippen LogP contribution is 2.31. The van der Waals surface area contributed by atoms with Gasteiger partial charge in [-0.1, -0.05) is 12.1 Å². The van der Waals surface area contributed by atoms with Crippen molar-refractivity contribution in [2.24, 2.45) is 0 Å². The van der Waals surface area contributed by atoms with Gasteiger partial charge in [0.15, 0.2) is 18.1 Å². The lowest BCUT2D eigenvalue weighted by atomic mass is 10.2. The number of carbonyl (C=O) groups excluding carboxylic acids is 2. The van der Waals surface area contributed by atoms with Crippen molar-refractivity contribution in [3.05, 3.63) is 54.1 Å². The molecular formula is C17H13F2NO5. The number of rotatable bonds is 4. The first-order valence-corrected chi connectivity index (χ1v) is 7.33. The maximum atomic E-state index is 13.4. The lowest BCUT2D eigenvalue weighted by Gasteiger charge is -2.24. The summed E-state index contributed by atoms with van der Waals surface area (Å²) in [5.74, 6) is -2.23. The number of hydrogen-bond acceptors (Lipinski definition) is 5. The lowest BCUT2D eigenvalue weighted by Crippen LogP contribution is -2.39. The van der Waals surface area contributed by atoms with E-state index in [0.717, 1.165) is 18.2 Å². The van der Waals surface area contributed by atoms with Gasteiger partial charge in [-0.15, -0.1) is 0 Å². The number of fused-ring (bicyclic) bond motifs is 1. The van der Waals surface area contributed by atoms with Gasteiger partial charge in [-0.2, -0.15) is 0 Å². The number of anilines is 1. The van der Waals surface area contributed by atoms with Crippen LogP contribution in [-0.2, 0) is 14.3 Å². The number of nitrogens with one attached hydrogen (secondary N) is 1. The van der Waals surface area contributed by atoms with Crippen LogP contribution in [0.3, 0.4) is 0 Å². The SMILES string of the molecule is O=C(COC(=O)C1COc2ccccc2O1)Nc1cc(F)ccc1F. The van der Waals surface area contributed by atoms with E-state index in [9.17, 15) is 18.4 Å². The lowest BCUT2D eigenvalue weighted by molar-refractivity contribution is -0.156. The Morgan fingerprint density at radius 3 is 2.72 bits per heavy atom. The fourth-order valence-electron chi connectivity index (χ4n) is 2.14. The minimum Gasteiger partial charge on any atom is -0.485 e. The number of esters is 1. The van der Waals surface area contributed by atoms with Gasteiger partial charge in [-0.05, 0) is 24.3 Å². The number of carbonyl (C=O) groups is 2. The molecule has 25 heavy (non-hydrogen) atoms. The Balaban J connectivity index is 1.52. The molecule has 0 bridgehead atoms. The van der Waals surface area contributed by atoms with Crippen LogP contribution in [0.1, 0.15) is 0 Å². The first-order valence-electron chi connectivity index (χ1n) is 7.33. The van der Waals surface area contributed by atoms with Gasteiger partial charge in [-0.3, -0.25) is 4.79 Å². The monoisotopic (exact) mass is 349 g/mol. The van der Waals surface area contributed by atoms with Gasteiger partial charge < -0.3 is 19.5 Å². The molecule has 2 aromatic carbocycles. The predicted molar refractivity (Wildman–Crippen MR) is 82.3 cm³/mol. The quantitative estimate of drug-likeness (QED) is 0.858. The standard InChI is InChI=1S/C17H13F2NO5/c18-10-5-6-11(19)12(7-10)20-16(21)9-24-17(22)15-8-23-13-3-1-2-4-14(13)25-15/h1-7,15H,8-9H2,(H,20,21). The zero-order valence-corrected chi connectivity index (χ0v) is 12.8. The Hall–Kier alpha value is -3.16.